The molecule has 0 spiro atoms. The predicted molar refractivity (Wildman–Crippen MR) is 140 cm³/mol. The maximum atomic E-state index is 12.6. The standard InChI is InChI=1S/C25H25N5O8S/c1-37-21-5-3-16-22(28-21)15(6-7-26-16)23(33)18(31)11-29(24(34)35)9-14-10-30(25(36)38-14)13-2-4-19-17(8-13)27-20(32)12-39-19/h2-8,14,18,23,31,33H,9-12H2,1H3,(H,27,32)(H,34,35)/t14?,18-,23-/m0/s1. The number of aromatic nitrogens is 2. The van der Waals surface area contributed by atoms with Gasteiger partial charge >= 0.3 is 12.2 Å². The quantitative estimate of drug-likeness (QED) is 0.320. The average molecular weight is 556 g/mol. The zero-order valence-corrected chi connectivity index (χ0v) is 21.5. The maximum Gasteiger partial charge on any atom is 0.414 e. The summed E-state index contributed by atoms with van der Waals surface area (Å²) in [5.74, 6) is 0.464. The summed E-state index contributed by atoms with van der Waals surface area (Å²) < 4.78 is 10.5. The van der Waals surface area contributed by atoms with Crippen LogP contribution in [0.25, 0.3) is 11.0 Å². The molecule has 14 heteroatoms. The van der Waals surface area contributed by atoms with Crippen LogP contribution < -0.4 is 15.0 Å². The van der Waals surface area contributed by atoms with Crippen molar-refractivity contribution in [3.05, 3.63) is 48.2 Å². The number of carboxylic acid groups (broad SMARTS) is 1. The first kappa shape index (κ1) is 26.5. The third-order valence-electron chi connectivity index (χ3n) is 6.37. The van der Waals surface area contributed by atoms with Gasteiger partial charge in [0.2, 0.25) is 11.8 Å². The first-order valence-electron chi connectivity index (χ1n) is 11.9. The Bertz CT molecular complexity index is 1440. The Labute approximate surface area is 226 Å². The molecule has 1 aromatic carbocycles. The van der Waals surface area contributed by atoms with Crippen LogP contribution in [-0.2, 0) is 9.53 Å². The van der Waals surface area contributed by atoms with Crippen molar-refractivity contribution in [2.75, 3.05) is 42.7 Å². The number of aliphatic hydroxyl groups is 2. The first-order valence-corrected chi connectivity index (χ1v) is 12.9. The summed E-state index contributed by atoms with van der Waals surface area (Å²) in [5.41, 5.74) is 2.12. The first-order chi connectivity index (χ1) is 18.7. The van der Waals surface area contributed by atoms with E-state index in [4.69, 9.17) is 9.47 Å². The number of pyridine rings is 2. The molecule has 3 aromatic rings. The van der Waals surface area contributed by atoms with Crippen LogP contribution in [-0.4, -0.2) is 93.0 Å². The van der Waals surface area contributed by atoms with E-state index in [-0.39, 0.29) is 24.6 Å². The second-order valence-electron chi connectivity index (χ2n) is 8.95. The lowest BCUT2D eigenvalue weighted by atomic mass is 10.0. The number of carbonyl (C=O) groups is 3. The van der Waals surface area contributed by atoms with Crippen LogP contribution in [0.5, 0.6) is 5.88 Å². The van der Waals surface area contributed by atoms with E-state index in [2.05, 4.69) is 15.3 Å². The van der Waals surface area contributed by atoms with Gasteiger partial charge in [-0.3, -0.25) is 14.7 Å². The Morgan fingerprint density at radius 2 is 2.10 bits per heavy atom. The summed E-state index contributed by atoms with van der Waals surface area (Å²) in [6.07, 6.45) is -4.40. The van der Waals surface area contributed by atoms with Crippen LogP contribution in [0.2, 0.25) is 0 Å². The Kier molecular flexibility index (Phi) is 7.41. The Morgan fingerprint density at radius 3 is 2.87 bits per heavy atom. The number of amides is 3. The van der Waals surface area contributed by atoms with Crippen molar-refractivity contribution in [3.63, 3.8) is 0 Å². The van der Waals surface area contributed by atoms with E-state index in [9.17, 15) is 29.7 Å². The van der Waals surface area contributed by atoms with Gasteiger partial charge in [-0.25, -0.2) is 14.6 Å². The molecule has 2 aromatic heterocycles. The number of hydrogen-bond acceptors (Lipinski definition) is 10. The SMILES string of the molecule is COc1ccc2nccc([C@H](O)[C@@H](O)CN(CC3CN(c4ccc5c(c4)NC(=O)CS5)C(=O)O3)C(=O)O)c2n1. The molecule has 13 nitrogen and oxygen atoms in total. The minimum Gasteiger partial charge on any atom is -0.481 e. The number of aliphatic hydroxyl groups excluding tert-OH is 2. The van der Waals surface area contributed by atoms with E-state index in [1.165, 1.54) is 36.0 Å². The Hall–Kier alpha value is -4.14. The fraction of sp³-hybridized carbons (Fsp3) is 0.320. The summed E-state index contributed by atoms with van der Waals surface area (Å²) in [7, 11) is 1.44. The van der Waals surface area contributed by atoms with Crippen LogP contribution in [0.3, 0.4) is 0 Å². The van der Waals surface area contributed by atoms with Crippen molar-refractivity contribution in [2.24, 2.45) is 0 Å². The Balaban J connectivity index is 1.27. The van der Waals surface area contributed by atoms with Gasteiger partial charge in [0.25, 0.3) is 0 Å². The lowest BCUT2D eigenvalue weighted by Gasteiger charge is -2.27. The third-order valence-corrected chi connectivity index (χ3v) is 7.44. The van der Waals surface area contributed by atoms with Crippen molar-refractivity contribution in [3.8, 4) is 5.88 Å². The molecule has 39 heavy (non-hydrogen) atoms. The summed E-state index contributed by atoms with van der Waals surface area (Å²) in [4.78, 5) is 47.9. The monoisotopic (exact) mass is 555 g/mol. The maximum absolute atomic E-state index is 12.6. The van der Waals surface area contributed by atoms with Crippen molar-refractivity contribution < 1.29 is 39.2 Å². The van der Waals surface area contributed by atoms with Crippen LogP contribution >= 0.6 is 11.8 Å². The minimum atomic E-state index is -1.52. The van der Waals surface area contributed by atoms with E-state index in [1.54, 1.807) is 30.3 Å². The van der Waals surface area contributed by atoms with Gasteiger partial charge in [-0.1, -0.05) is 0 Å². The van der Waals surface area contributed by atoms with Crippen molar-refractivity contribution in [1.82, 2.24) is 14.9 Å². The van der Waals surface area contributed by atoms with Gasteiger partial charge in [0, 0.05) is 28.4 Å². The molecule has 4 heterocycles. The fourth-order valence-electron chi connectivity index (χ4n) is 4.46. The molecule has 0 radical (unpaired) electrons. The number of rotatable bonds is 8. The van der Waals surface area contributed by atoms with Crippen LogP contribution in [0.15, 0.2) is 47.5 Å². The number of methoxy groups -OCH3 is 1. The van der Waals surface area contributed by atoms with Crippen molar-refractivity contribution in [2.45, 2.75) is 23.2 Å². The fourth-order valence-corrected chi connectivity index (χ4v) is 5.24. The van der Waals surface area contributed by atoms with Crippen molar-refractivity contribution >= 4 is 52.3 Å². The van der Waals surface area contributed by atoms with E-state index < -0.39 is 37.0 Å². The predicted octanol–water partition coefficient (Wildman–Crippen LogP) is 2.08. The molecule has 3 amide bonds. The summed E-state index contributed by atoms with van der Waals surface area (Å²) in [6, 6.07) is 9.94. The molecule has 1 fully saturated rings. The highest BCUT2D eigenvalue weighted by atomic mass is 32.2. The number of benzene rings is 1. The third kappa shape index (κ3) is 5.53. The molecule has 0 bridgehead atoms. The molecule has 204 valence electrons. The topological polar surface area (TPSA) is 175 Å². The van der Waals surface area contributed by atoms with E-state index >= 15 is 0 Å². The lowest BCUT2D eigenvalue weighted by Crippen LogP contribution is -2.44. The average Bonchev–Trinajstić information content (AvgIpc) is 3.30. The molecule has 4 N–H and O–H groups in total. The largest absolute Gasteiger partial charge is 0.481 e. The number of ether oxygens (including phenoxy) is 2. The van der Waals surface area contributed by atoms with Crippen molar-refractivity contribution in [1.29, 1.82) is 0 Å². The summed E-state index contributed by atoms with van der Waals surface area (Å²) >= 11 is 1.39. The Morgan fingerprint density at radius 1 is 1.28 bits per heavy atom. The van der Waals surface area contributed by atoms with Gasteiger partial charge in [-0.05, 0) is 30.3 Å². The number of nitrogens with zero attached hydrogens (tertiary/aromatic N) is 4. The molecule has 1 saturated heterocycles. The molecular weight excluding hydrogens is 530 g/mol. The normalized spacial score (nSPS) is 18.2. The highest BCUT2D eigenvalue weighted by Gasteiger charge is 2.36. The summed E-state index contributed by atoms with van der Waals surface area (Å²) in [5, 5.41) is 34.2. The van der Waals surface area contributed by atoms with Gasteiger partial charge in [0.05, 0.1) is 49.2 Å². The smallest absolute Gasteiger partial charge is 0.414 e. The number of carbonyl (C=O) groups excluding carboxylic acids is 2. The molecule has 2 aliphatic heterocycles. The number of thioether (sulfide) groups is 1. The zero-order chi connectivity index (χ0) is 27.7. The summed E-state index contributed by atoms with van der Waals surface area (Å²) in [6.45, 7) is -0.637. The molecule has 3 atom stereocenters. The number of fused-ring (bicyclic) bond motifs is 2. The minimum absolute atomic E-state index is 0.0554. The van der Waals surface area contributed by atoms with Crippen LogP contribution in [0.1, 0.15) is 11.7 Å². The second-order valence-corrected chi connectivity index (χ2v) is 9.97. The molecule has 0 saturated carbocycles. The van der Waals surface area contributed by atoms with Gasteiger partial charge in [-0.15, -0.1) is 11.8 Å². The van der Waals surface area contributed by atoms with Gasteiger partial charge in [-0.2, -0.15) is 0 Å². The molecule has 1 unspecified atom stereocenters. The molecule has 0 aliphatic carbocycles. The van der Waals surface area contributed by atoms with Crippen LogP contribution in [0.4, 0.5) is 21.0 Å². The second kappa shape index (κ2) is 10.9. The number of hydrogen-bond donors (Lipinski definition) is 4. The lowest BCUT2D eigenvalue weighted by molar-refractivity contribution is -0.113. The van der Waals surface area contributed by atoms with E-state index in [1.807, 2.05) is 0 Å². The number of nitrogens with one attached hydrogen (secondary N) is 1. The zero-order valence-electron chi connectivity index (χ0n) is 20.7. The van der Waals surface area contributed by atoms with E-state index in [0.717, 1.165) is 9.80 Å². The number of anilines is 2. The van der Waals surface area contributed by atoms with E-state index in [0.29, 0.717) is 34.0 Å². The van der Waals surface area contributed by atoms with Crippen LogP contribution in [0, 0.1) is 0 Å². The van der Waals surface area contributed by atoms with Gasteiger partial charge in [0.1, 0.15) is 18.3 Å². The highest BCUT2D eigenvalue weighted by Crippen LogP contribution is 2.35. The highest BCUT2D eigenvalue weighted by molar-refractivity contribution is 8.00. The molecule has 2 aliphatic rings. The molecule has 5 rings (SSSR count). The molecular formula is C25H25N5O8S. The van der Waals surface area contributed by atoms with Gasteiger partial charge in [0.15, 0.2) is 0 Å². The number of cyclic esters (lactones) is 1. The van der Waals surface area contributed by atoms with Gasteiger partial charge < -0.3 is 35.0 Å².